The van der Waals surface area contributed by atoms with Crippen molar-refractivity contribution >= 4 is 62.6 Å². The number of rotatable bonds is 10. The molecule has 41 heavy (non-hydrogen) atoms. The van der Waals surface area contributed by atoms with Crippen LogP contribution in [0.2, 0.25) is 15.1 Å². The van der Waals surface area contributed by atoms with Crippen molar-refractivity contribution in [1.82, 2.24) is 9.99 Å². The predicted molar refractivity (Wildman–Crippen MR) is 165 cm³/mol. The zero-order chi connectivity index (χ0) is 29.7. The molecule has 0 aliphatic rings. The van der Waals surface area contributed by atoms with Crippen molar-refractivity contribution < 1.29 is 17.9 Å². The Morgan fingerprint density at radius 2 is 1.66 bits per heavy atom. The van der Waals surface area contributed by atoms with Crippen LogP contribution in [0.3, 0.4) is 0 Å². The first kappa shape index (κ1) is 30.5. The fraction of sp³-hybridized carbons (Fsp3) is 0.172. The lowest BCUT2D eigenvalue weighted by Gasteiger charge is -2.24. The van der Waals surface area contributed by atoms with Gasteiger partial charge in [0.2, 0.25) is 0 Å². The van der Waals surface area contributed by atoms with Crippen LogP contribution in [-0.2, 0) is 14.8 Å². The molecular formula is C29H27Cl3N4O4S. The van der Waals surface area contributed by atoms with E-state index in [4.69, 9.17) is 39.5 Å². The Bertz CT molecular complexity index is 1690. The average molecular weight is 634 g/mol. The number of ether oxygens (including phenoxy) is 1. The number of carbonyl (C=O) groups excluding carboxylic acids is 1. The molecule has 3 aromatic carbocycles. The van der Waals surface area contributed by atoms with E-state index in [1.807, 2.05) is 37.5 Å². The Labute approximate surface area is 254 Å². The maximum Gasteiger partial charge on any atom is 0.264 e. The molecular weight excluding hydrogens is 607 g/mol. The number of hydrogen-bond donors (Lipinski definition) is 1. The zero-order valence-corrected chi connectivity index (χ0v) is 25.5. The molecule has 1 aromatic heterocycles. The summed E-state index contributed by atoms with van der Waals surface area (Å²) in [5, 5.41) is 5.37. The number of hydrogen-bond acceptors (Lipinski definition) is 5. The second-order valence-electron chi connectivity index (χ2n) is 8.95. The number of nitrogens with one attached hydrogen (secondary N) is 1. The van der Waals surface area contributed by atoms with E-state index in [-0.39, 0.29) is 10.6 Å². The van der Waals surface area contributed by atoms with E-state index >= 15 is 0 Å². The van der Waals surface area contributed by atoms with Gasteiger partial charge in [0, 0.05) is 27.7 Å². The largest absolute Gasteiger partial charge is 0.494 e. The third-order valence-electron chi connectivity index (χ3n) is 6.15. The minimum Gasteiger partial charge on any atom is -0.494 e. The minimum absolute atomic E-state index is 0.0122. The SMILES string of the molecule is CCOc1ccc(N(CC(=O)N/N=C\c2cc(C)n(-c3ccc(Cl)c(Cl)c3)c2C)S(=O)(=O)c2ccc(Cl)cc2)cc1. The molecule has 0 aliphatic heterocycles. The molecule has 0 unspecified atom stereocenters. The van der Waals surface area contributed by atoms with Crippen LogP contribution in [0.25, 0.3) is 5.69 Å². The monoisotopic (exact) mass is 632 g/mol. The maximum absolute atomic E-state index is 13.6. The molecule has 0 aliphatic carbocycles. The molecule has 0 radical (unpaired) electrons. The van der Waals surface area contributed by atoms with Crippen molar-refractivity contribution in [3.05, 3.63) is 105 Å². The predicted octanol–water partition coefficient (Wildman–Crippen LogP) is 6.80. The summed E-state index contributed by atoms with van der Waals surface area (Å²) in [7, 11) is -4.12. The van der Waals surface area contributed by atoms with Gasteiger partial charge in [-0.25, -0.2) is 13.8 Å². The van der Waals surface area contributed by atoms with Gasteiger partial charge in [-0.05, 0) is 93.6 Å². The lowest BCUT2D eigenvalue weighted by molar-refractivity contribution is -0.119. The van der Waals surface area contributed by atoms with Crippen molar-refractivity contribution in [2.75, 3.05) is 17.5 Å². The fourth-order valence-corrected chi connectivity index (χ4v) is 6.04. The number of amides is 1. The molecule has 0 fully saturated rings. The molecule has 0 spiro atoms. The highest BCUT2D eigenvalue weighted by atomic mass is 35.5. The van der Waals surface area contributed by atoms with Crippen molar-refractivity contribution in [1.29, 1.82) is 0 Å². The summed E-state index contributed by atoms with van der Waals surface area (Å²) in [6, 6.07) is 19.4. The Kier molecular flexibility index (Phi) is 9.65. The smallest absolute Gasteiger partial charge is 0.264 e. The molecule has 8 nitrogen and oxygen atoms in total. The number of aryl methyl sites for hydroxylation is 1. The van der Waals surface area contributed by atoms with E-state index < -0.39 is 22.5 Å². The number of halogens is 3. The highest BCUT2D eigenvalue weighted by molar-refractivity contribution is 7.92. The van der Waals surface area contributed by atoms with Crippen LogP contribution in [0.5, 0.6) is 5.75 Å². The quantitative estimate of drug-likeness (QED) is 0.154. The third-order valence-corrected chi connectivity index (χ3v) is 8.93. The first-order valence-corrected chi connectivity index (χ1v) is 15.1. The summed E-state index contributed by atoms with van der Waals surface area (Å²) in [6.45, 7) is 5.63. The summed E-state index contributed by atoms with van der Waals surface area (Å²) in [5.74, 6) is -0.0569. The van der Waals surface area contributed by atoms with E-state index in [1.165, 1.54) is 30.5 Å². The molecule has 4 rings (SSSR count). The van der Waals surface area contributed by atoms with Crippen LogP contribution >= 0.6 is 34.8 Å². The number of carbonyl (C=O) groups is 1. The first-order valence-electron chi connectivity index (χ1n) is 12.5. The van der Waals surface area contributed by atoms with Crippen LogP contribution in [0.4, 0.5) is 5.69 Å². The van der Waals surface area contributed by atoms with Crippen molar-refractivity contribution in [3.8, 4) is 11.4 Å². The second kappa shape index (κ2) is 13.0. The number of anilines is 1. The Morgan fingerprint density at radius 3 is 2.29 bits per heavy atom. The van der Waals surface area contributed by atoms with Crippen molar-refractivity contribution in [2.24, 2.45) is 5.10 Å². The van der Waals surface area contributed by atoms with Crippen LogP contribution in [0, 0.1) is 13.8 Å². The van der Waals surface area contributed by atoms with Crippen LogP contribution in [0.15, 0.2) is 82.8 Å². The molecule has 12 heteroatoms. The minimum atomic E-state index is -4.12. The highest BCUT2D eigenvalue weighted by Crippen LogP contribution is 2.28. The van der Waals surface area contributed by atoms with Crippen LogP contribution in [-0.4, -0.2) is 38.3 Å². The van der Waals surface area contributed by atoms with Gasteiger partial charge in [-0.3, -0.25) is 9.10 Å². The van der Waals surface area contributed by atoms with E-state index in [0.717, 1.165) is 26.9 Å². The highest BCUT2D eigenvalue weighted by Gasteiger charge is 2.27. The van der Waals surface area contributed by atoms with Gasteiger partial charge in [0.05, 0.1) is 33.4 Å². The zero-order valence-electron chi connectivity index (χ0n) is 22.4. The van der Waals surface area contributed by atoms with Gasteiger partial charge < -0.3 is 9.30 Å². The van der Waals surface area contributed by atoms with Gasteiger partial charge in [-0.2, -0.15) is 5.10 Å². The Hall–Kier alpha value is -3.50. The summed E-state index contributed by atoms with van der Waals surface area (Å²) in [4.78, 5) is 12.9. The molecule has 0 saturated carbocycles. The standard InChI is InChI=1S/C29H27Cl3N4O4S/c1-4-40-25-10-7-23(8-11-25)35(41(38,39)26-12-5-22(30)6-13-26)18-29(37)34-33-17-21-15-19(2)36(20(21)3)24-9-14-27(31)28(32)16-24/h5-17H,4,18H2,1-3H3,(H,34,37)/b33-17-. The van der Waals surface area contributed by atoms with Crippen LogP contribution in [0.1, 0.15) is 23.9 Å². The molecule has 1 amide bonds. The van der Waals surface area contributed by atoms with Gasteiger partial charge in [0.1, 0.15) is 12.3 Å². The summed E-state index contributed by atoms with van der Waals surface area (Å²) in [6.07, 6.45) is 1.50. The number of hydrazone groups is 1. The number of aromatic nitrogens is 1. The molecule has 0 atom stereocenters. The molecule has 214 valence electrons. The van der Waals surface area contributed by atoms with Gasteiger partial charge in [0.25, 0.3) is 15.9 Å². The molecule has 0 saturated heterocycles. The fourth-order valence-electron chi connectivity index (χ4n) is 4.20. The molecule has 1 heterocycles. The normalized spacial score (nSPS) is 11.6. The van der Waals surface area contributed by atoms with E-state index in [9.17, 15) is 13.2 Å². The maximum atomic E-state index is 13.6. The van der Waals surface area contributed by atoms with Gasteiger partial charge in [-0.1, -0.05) is 34.8 Å². The Balaban J connectivity index is 1.56. The van der Waals surface area contributed by atoms with Gasteiger partial charge in [-0.15, -0.1) is 0 Å². The Morgan fingerprint density at radius 1 is 0.976 bits per heavy atom. The third kappa shape index (κ3) is 7.05. The summed E-state index contributed by atoms with van der Waals surface area (Å²) < 4.78 is 35.6. The number of sulfonamides is 1. The van der Waals surface area contributed by atoms with E-state index in [0.29, 0.717) is 27.4 Å². The lowest BCUT2D eigenvalue weighted by atomic mass is 10.2. The molecule has 0 bridgehead atoms. The summed E-state index contributed by atoms with van der Waals surface area (Å²) in [5.41, 5.74) is 6.09. The summed E-state index contributed by atoms with van der Waals surface area (Å²) >= 11 is 18.2. The number of nitrogens with zero attached hydrogens (tertiary/aromatic N) is 3. The number of benzene rings is 3. The van der Waals surface area contributed by atoms with Crippen molar-refractivity contribution in [2.45, 2.75) is 25.7 Å². The van der Waals surface area contributed by atoms with E-state index in [2.05, 4.69) is 10.5 Å². The van der Waals surface area contributed by atoms with E-state index in [1.54, 1.807) is 36.4 Å². The van der Waals surface area contributed by atoms with Gasteiger partial charge in [0.15, 0.2) is 0 Å². The second-order valence-corrected chi connectivity index (χ2v) is 12.1. The van der Waals surface area contributed by atoms with Gasteiger partial charge >= 0.3 is 0 Å². The topological polar surface area (TPSA) is 93.0 Å². The average Bonchev–Trinajstić information content (AvgIpc) is 3.22. The molecule has 1 N–H and O–H groups in total. The first-order chi connectivity index (χ1) is 19.5. The molecule has 4 aromatic rings. The van der Waals surface area contributed by atoms with Crippen LogP contribution < -0.4 is 14.5 Å². The lowest BCUT2D eigenvalue weighted by Crippen LogP contribution is -2.39. The van der Waals surface area contributed by atoms with Crippen molar-refractivity contribution in [3.63, 3.8) is 0 Å².